The number of hydrogen-bond acceptors (Lipinski definition) is 7. The summed E-state index contributed by atoms with van der Waals surface area (Å²) in [6.07, 6.45) is -7.32. The number of carbonyl (C=O) groups excluding carboxylic acids is 3. The molecule has 2 saturated heterocycles. The highest BCUT2D eigenvalue weighted by Gasteiger charge is 2.57. The van der Waals surface area contributed by atoms with E-state index in [2.05, 4.69) is 4.98 Å². The van der Waals surface area contributed by atoms with Crippen molar-refractivity contribution in [2.75, 3.05) is 26.2 Å². The van der Waals surface area contributed by atoms with Crippen molar-refractivity contribution in [3.8, 4) is 5.75 Å². The summed E-state index contributed by atoms with van der Waals surface area (Å²) in [5.41, 5.74) is -2.72. The molecular weight excluding hydrogens is 802 g/mol. The fraction of sp³-hybridized carbons (Fsp3) is 0.513. The van der Waals surface area contributed by atoms with Crippen LogP contribution in [-0.2, 0) is 33.2 Å². The van der Waals surface area contributed by atoms with Crippen molar-refractivity contribution in [2.45, 2.75) is 94.7 Å². The van der Waals surface area contributed by atoms with Gasteiger partial charge in [0, 0.05) is 61.7 Å². The van der Waals surface area contributed by atoms with E-state index in [1.165, 1.54) is 4.90 Å². The topological polar surface area (TPSA) is 120 Å². The SMILES string of the molecule is CCC[C@H]1N(C(=O)c2ncccc2C(F)(F)F)CCC[C@@]1(Oc1csc(C(F)(F)F)c1)C(=O)N1CCc2cc(Cl)ccc2[C@@H]1CCC(=O)N1CCC(C(=O)O)CC1. The van der Waals surface area contributed by atoms with Crippen LogP contribution >= 0.6 is 22.9 Å². The van der Waals surface area contributed by atoms with Crippen molar-refractivity contribution in [1.82, 2.24) is 19.7 Å². The molecule has 0 saturated carbocycles. The summed E-state index contributed by atoms with van der Waals surface area (Å²) in [7, 11) is 0. The lowest BCUT2D eigenvalue weighted by Crippen LogP contribution is -2.68. The number of rotatable bonds is 10. The van der Waals surface area contributed by atoms with Crippen LogP contribution in [0.4, 0.5) is 26.3 Å². The Kier molecular flexibility index (Phi) is 12.5. The van der Waals surface area contributed by atoms with Crippen LogP contribution in [0.5, 0.6) is 5.75 Å². The molecule has 0 spiro atoms. The van der Waals surface area contributed by atoms with Gasteiger partial charge in [0.05, 0.1) is 23.6 Å². The summed E-state index contributed by atoms with van der Waals surface area (Å²) in [6, 6.07) is 5.68. The zero-order valence-electron chi connectivity index (χ0n) is 30.9. The lowest BCUT2D eigenvalue weighted by molar-refractivity contribution is -0.163. The van der Waals surface area contributed by atoms with Gasteiger partial charge >= 0.3 is 18.3 Å². The van der Waals surface area contributed by atoms with Crippen LogP contribution in [0.2, 0.25) is 5.02 Å². The first kappa shape index (κ1) is 42.2. The first-order chi connectivity index (χ1) is 26.9. The number of thiophene rings is 1. The third-order valence-electron chi connectivity index (χ3n) is 11.1. The van der Waals surface area contributed by atoms with E-state index in [0.717, 1.165) is 40.2 Å². The predicted octanol–water partition coefficient (Wildman–Crippen LogP) is 8.29. The second-order valence-electron chi connectivity index (χ2n) is 14.6. The number of hydrogen-bond donors (Lipinski definition) is 1. The monoisotopic (exact) mass is 842 g/mol. The van der Waals surface area contributed by atoms with Gasteiger partial charge in [0.2, 0.25) is 11.5 Å². The Balaban J connectivity index is 1.40. The first-order valence-corrected chi connectivity index (χ1v) is 20.0. The number of alkyl halides is 6. The average molecular weight is 843 g/mol. The van der Waals surface area contributed by atoms with Gasteiger partial charge in [-0.2, -0.15) is 26.3 Å². The number of pyridine rings is 1. The molecule has 2 aromatic heterocycles. The number of carboxylic acid groups (broad SMARTS) is 1. The normalized spacial score (nSPS) is 21.9. The summed E-state index contributed by atoms with van der Waals surface area (Å²) in [5, 5.41) is 11.0. The number of ether oxygens (including phenoxy) is 1. The van der Waals surface area contributed by atoms with Gasteiger partial charge in [-0.15, -0.1) is 11.3 Å². The van der Waals surface area contributed by atoms with Crippen molar-refractivity contribution in [2.24, 2.45) is 5.92 Å². The minimum Gasteiger partial charge on any atom is -0.481 e. The van der Waals surface area contributed by atoms with E-state index in [9.17, 15) is 45.8 Å². The fourth-order valence-electron chi connectivity index (χ4n) is 8.35. The highest BCUT2D eigenvalue weighted by molar-refractivity contribution is 7.10. The Morgan fingerprint density at radius 2 is 1.72 bits per heavy atom. The molecule has 18 heteroatoms. The molecule has 0 aliphatic carbocycles. The van der Waals surface area contributed by atoms with Crippen molar-refractivity contribution in [1.29, 1.82) is 0 Å². The van der Waals surface area contributed by atoms with Gasteiger partial charge in [0.1, 0.15) is 16.3 Å². The van der Waals surface area contributed by atoms with Crippen molar-refractivity contribution in [3.63, 3.8) is 0 Å². The lowest BCUT2D eigenvalue weighted by atomic mass is 9.78. The number of nitrogens with zero attached hydrogens (tertiary/aromatic N) is 4. The molecule has 3 aliphatic rings. The summed E-state index contributed by atoms with van der Waals surface area (Å²) in [5.74, 6) is -3.80. The standard InChI is InChI=1S/C39H41ClF6N4O6S/c1-2-5-30-37(56-26-21-31(57-22-26)39(44,45)46,14-4-16-50(30)34(52)33-28(38(41,42)43)6-3-15-47-33)36(55)49-19-13-24-20-25(40)7-8-27(24)29(49)9-10-32(51)48-17-11-23(12-18-48)35(53)54/h3,6-8,15,20-23,29-30H,2,4-5,9-14,16-19H2,1H3,(H,53,54)/t29-,30+,37-/m0/s1. The van der Waals surface area contributed by atoms with Crippen molar-refractivity contribution >= 4 is 46.6 Å². The zero-order valence-corrected chi connectivity index (χ0v) is 32.4. The molecule has 3 aromatic rings. The van der Waals surface area contributed by atoms with Crippen LogP contribution < -0.4 is 4.74 Å². The van der Waals surface area contributed by atoms with Gasteiger partial charge in [-0.05, 0) is 73.9 Å². The molecule has 2 fully saturated rings. The number of amides is 3. The molecular formula is C39H41ClF6N4O6S. The van der Waals surface area contributed by atoms with Gasteiger partial charge in [0.15, 0.2) is 0 Å². The molecule has 1 N–H and O–H groups in total. The Morgan fingerprint density at radius 3 is 2.37 bits per heavy atom. The Morgan fingerprint density at radius 1 is 0.982 bits per heavy atom. The Labute approximate surface area is 333 Å². The minimum atomic E-state index is -4.94. The molecule has 308 valence electrons. The second kappa shape index (κ2) is 16.8. The number of aromatic nitrogens is 1. The number of likely N-dealkylation sites (tertiary alicyclic amines) is 2. The number of carboxylic acids is 1. The summed E-state index contributed by atoms with van der Waals surface area (Å²) >= 11 is 6.70. The lowest BCUT2D eigenvalue weighted by Gasteiger charge is -2.51. The summed E-state index contributed by atoms with van der Waals surface area (Å²) in [4.78, 5) is 61.8. The van der Waals surface area contributed by atoms with Crippen LogP contribution in [0.15, 0.2) is 48.0 Å². The second-order valence-corrected chi connectivity index (χ2v) is 15.9. The highest BCUT2D eigenvalue weighted by atomic mass is 35.5. The minimum absolute atomic E-state index is 0.0372. The van der Waals surface area contributed by atoms with Crippen LogP contribution in [0, 0.1) is 5.92 Å². The molecule has 0 radical (unpaired) electrons. The fourth-order valence-corrected chi connectivity index (χ4v) is 9.22. The molecule has 57 heavy (non-hydrogen) atoms. The number of carbonyl (C=O) groups is 4. The Hall–Kier alpha value is -4.38. The van der Waals surface area contributed by atoms with Crippen molar-refractivity contribution in [3.05, 3.63) is 80.3 Å². The molecule has 10 nitrogen and oxygen atoms in total. The van der Waals surface area contributed by atoms with Gasteiger partial charge in [0.25, 0.3) is 11.8 Å². The summed E-state index contributed by atoms with van der Waals surface area (Å²) < 4.78 is 90.5. The molecule has 0 unspecified atom stereocenters. The molecule has 1 aromatic carbocycles. The van der Waals surface area contributed by atoms with E-state index in [4.69, 9.17) is 16.3 Å². The quantitative estimate of drug-likeness (QED) is 0.204. The van der Waals surface area contributed by atoms with Gasteiger partial charge < -0.3 is 24.5 Å². The molecule has 3 amide bonds. The Bertz CT molecular complexity index is 1990. The van der Waals surface area contributed by atoms with Gasteiger partial charge in [-0.3, -0.25) is 24.2 Å². The third-order valence-corrected chi connectivity index (χ3v) is 12.3. The van der Waals surface area contributed by atoms with Gasteiger partial charge in [-0.1, -0.05) is 31.0 Å². The smallest absolute Gasteiger partial charge is 0.425 e. The van der Waals surface area contributed by atoms with Crippen molar-refractivity contribution < 1.29 is 55.4 Å². The van der Waals surface area contributed by atoms with Crippen LogP contribution in [0.3, 0.4) is 0 Å². The average Bonchev–Trinajstić information content (AvgIpc) is 3.66. The maximum Gasteiger partial charge on any atom is 0.425 e. The summed E-state index contributed by atoms with van der Waals surface area (Å²) in [6.45, 7) is 2.24. The molecule has 0 bridgehead atoms. The number of piperidine rings is 2. The van der Waals surface area contributed by atoms with Gasteiger partial charge in [-0.25, -0.2) is 0 Å². The van der Waals surface area contributed by atoms with E-state index < -0.39 is 69.9 Å². The van der Waals surface area contributed by atoms with E-state index >= 15 is 4.79 Å². The maximum atomic E-state index is 15.5. The number of aliphatic carboxylic acids is 1. The maximum absolute atomic E-state index is 15.5. The third kappa shape index (κ3) is 8.88. The van der Waals surface area contributed by atoms with Crippen LogP contribution in [-0.4, -0.2) is 86.3 Å². The number of fused-ring (bicyclic) bond motifs is 1. The number of benzene rings is 1. The molecule has 3 atom stereocenters. The largest absolute Gasteiger partial charge is 0.481 e. The van der Waals surface area contributed by atoms with E-state index in [-0.39, 0.29) is 69.9 Å². The molecule has 6 rings (SSSR count). The first-order valence-electron chi connectivity index (χ1n) is 18.7. The molecule has 5 heterocycles. The van der Waals surface area contributed by atoms with E-state index in [1.807, 2.05) is 0 Å². The van der Waals surface area contributed by atoms with E-state index in [0.29, 0.717) is 47.6 Å². The number of halogens is 7. The highest BCUT2D eigenvalue weighted by Crippen LogP contribution is 2.45. The van der Waals surface area contributed by atoms with E-state index in [1.54, 1.807) is 30.0 Å². The van der Waals surface area contributed by atoms with Crippen LogP contribution in [0.25, 0.3) is 0 Å². The molecule has 3 aliphatic heterocycles. The van der Waals surface area contributed by atoms with Crippen LogP contribution in [0.1, 0.15) is 96.4 Å². The zero-order chi connectivity index (χ0) is 41.3. The predicted molar refractivity (Wildman–Crippen MR) is 197 cm³/mol.